The van der Waals surface area contributed by atoms with Gasteiger partial charge >= 0.3 is 0 Å². The lowest BCUT2D eigenvalue weighted by Gasteiger charge is -2.26. The average molecular weight is 192 g/mol. The standard InChI is InChI=1S/C12H20N2/c1-4-12(2,3)11-13-9-10-7-5-6-8-14(10)11/h9H,4-8H2,1-3H3. The number of nitrogens with zero attached hydrogens (tertiary/aromatic N) is 2. The molecule has 0 fully saturated rings. The Bertz CT molecular complexity index is 323. The van der Waals surface area contributed by atoms with Crippen molar-refractivity contribution in [3.63, 3.8) is 0 Å². The Morgan fingerprint density at radius 3 is 2.93 bits per heavy atom. The van der Waals surface area contributed by atoms with Crippen LogP contribution in [0.5, 0.6) is 0 Å². The second kappa shape index (κ2) is 3.41. The maximum atomic E-state index is 4.60. The van der Waals surface area contributed by atoms with Crippen LogP contribution in [-0.2, 0) is 18.4 Å². The van der Waals surface area contributed by atoms with Gasteiger partial charge in [-0.3, -0.25) is 0 Å². The zero-order valence-electron chi connectivity index (χ0n) is 9.51. The molecule has 1 aliphatic rings. The maximum absolute atomic E-state index is 4.60. The first-order chi connectivity index (χ1) is 6.65. The number of aryl methyl sites for hydroxylation is 1. The van der Waals surface area contributed by atoms with E-state index < -0.39 is 0 Å². The van der Waals surface area contributed by atoms with E-state index in [1.165, 1.54) is 37.3 Å². The number of hydrogen-bond acceptors (Lipinski definition) is 1. The van der Waals surface area contributed by atoms with Gasteiger partial charge in [-0.25, -0.2) is 4.98 Å². The highest BCUT2D eigenvalue weighted by molar-refractivity contribution is 5.14. The van der Waals surface area contributed by atoms with Crippen LogP contribution in [0.25, 0.3) is 0 Å². The van der Waals surface area contributed by atoms with Crippen molar-refractivity contribution in [1.82, 2.24) is 9.55 Å². The van der Waals surface area contributed by atoms with Crippen LogP contribution in [0.15, 0.2) is 6.20 Å². The molecule has 14 heavy (non-hydrogen) atoms. The molecule has 0 saturated heterocycles. The van der Waals surface area contributed by atoms with Gasteiger partial charge in [0, 0.05) is 23.9 Å². The molecule has 0 atom stereocenters. The normalized spacial score (nSPS) is 16.8. The van der Waals surface area contributed by atoms with E-state index in [-0.39, 0.29) is 5.41 Å². The number of aromatic nitrogens is 2. The Kier molecular flexibility index (Phi) is 2.38. The lowest BCUT2D eigenvalue weighted by molar-refractivity contribution is 0.418. The van der Waals surface area contributed by atoms with Crippen molar-refractivity contribution in [3.05, 3.63) is 17.7 Å². The second-order valence-corrected chi connectivity index (χ2v) is 4.92. The first-order valence-electron chi connectivity index (χ1n) is 5.70. The first-order valence-corrected chi connectivity index (χ1v) is 5.70. The predicted octanol–water partition coefficient (Wildman–Crippen LogP) is 2.91. The summed E-state index contributed by atoms with van der Waals surface area (Å²) in [6.07, 6.45) is 7.09. The molecule has 2 rings (SSSR count). The van der Waals surface area contributed by atoms with Gasteiger partial charge in [0.1, 0.15) is 5.82 Å². The van der Waals surface area contributed by atoms with Gasteiger partial charge in [-0.2, -0.15) is 0 Å². The Hall–Kier alpha value is -0.790. The van der Waals surface area contributed by atoms with E-state index in [1.54, 1.807) is 0 Å². The summed E-state index contributed by atoms with van der Waals surface area (Å²) in [7, 11) is 0. The molecule has 0 aromatic carbocycles. The predicted molar refractivity (Wildman–Crippen MR) is 58.5 cm³/mol. The number of hydrogen-bond donors (Lipinski definition) is 0. The van der Waals surface area contributed by atoms with Crippen LogP contribution in [0.3, 0.4) is 0 Å². The SMILES string of the molecule is CCC(C)(C)c1ncc2n1CCCC2. The number of fused-ring (bicyclic) bond motifs is 1. The molecule has 0 saturated carbocycles. The summed E-state index contributed by atoms with van der Waals surface area (Å²) in [4.78, 5) is 4.60. The summed E-state index contributed by atoms with van der Waals surface area (Å²) in [6, 6.07) is 0. The van der Waals surface area contributed by atoms with Crippen molar-refractivity contribution >= 4 is 0 Å². The van der Waals surface area contributed by atoms with Crippen LogP contribution < -0.4 is 0 Å². The minimum atomic E-state index is 0.232. The van der Waals surface area contributed by atoms with Crippen LogP contribution >= 0.6 is 0 Å². The maximum Gasteiger partial charge on any atom is 0.114 e. The van der Waals surface area contributed by atoms with Gasteiger partial charge in [0.2, 0.25) is 0 Å². The van der Waals surface area contributed by atoms with Crippen LogP contribution in [0, 0.1) is 0 Å². The smallest absolute Gasteiger partial charge is 0.114 e. The molecule has 1 aliphatic heterocycles. The zero-order chi connectivity index (χ0) is 10.2. The molecule has 0 bridgehead atoms. The fourth-order valence-electron chi connectivity index (χ4n) is 2.13. The zero-order valence-corrected chi connectivity index (χ0v) is 9.51. The highest BCUT2D eigenvalue weighted by Gasteiger charge is 2.26. The third kappa shape index (κ3) is 1.47. The molecule has 0 radical (unpaired) electrons. The molecule has 1 aromatic heterocycles. The lowest BCUT2D eigenvalue weighted by atomic mass is 9.89. The second-order valence-electron chi connectivity index (χ2n) is 4.92. The molecule has 0 aliphatic carbocycles. The Morgan fingerprint density at radius 2 is 2.21 bits per heavy atom. The van der Waals surface area contributed by atoms with Crippen molar-refractivity contribution in [2.24, 2.45) is 0 Å². The quantitative estimate of drug-likeness (QED) is 0.704. The Balaban J connectivity index is 2.39. The number of rotatable bonds is 2. The lowest BCUT2D eigenvalue weighted by Crippen LogP contribution is -2.24. The van der Waals surface area contributed by atoms with Crippen molar-refractivity contribution in [3.8, 4) is 0 Å². The third-order valence-electron chi connectivity index (χ3n) is 3.49. The minimum Gasteiger partial charge on any atom is -0.332 e. The van der Waals surface area contributed by atoms with E-state index in [0.29, 0.717) is 0 Å². The van der Waals surface area contributed by atoms with Crippen LogP contribution in [0.4, 0.5) is 0 Å². The van der Waals surface area contributed by atoms with E-state index in [1.807, 2.05) is 0 Å². The largest absolute Gasteiger partial charge is 0.332 e. The molecule has 0 amide bonds. The summed E-state index contributed by atoms with van der Waals surface area (Å²) in [5.74, 6) is 1.29. The van der Waals surface area contributed by atoms with Crippen molar-refractivity contribution < 1.29 is 0 Å². The average Bonchev–Trinajstić information content (AvgIpc) is 2.61. The van der Waals surface area contributed by atoms with E-state index in [2.05, 4.69) is 36.5 Å². The summed E-state index contributed by atoms with van der Waals surface area (Å²) < 4.78 is 2.44. The molecule has 2 heterocycles. The van der Waals surface area contributed by atoms with Gasteiger partial charge in [0.25, 0.3) is 0 Å². The summed E-state index contributed by atoms with van der Waals surface area (Å²) >= 11 is 0. The fourth-order valence-corrected chi connectivity index (χ4v) is 2.13. The van der Waals surface area contributed by atoms with E-state index in [9.17, 15) is 0 Å². The fraction of sp³-hybridized carbons (Fsp3) is 0.750. The molecule has 2 heteroatoms. The topological polar surface area (TPSA) is 17.8 Å². The van der Waals surface area contributed by atoms with Gasteiger partial charge in [0.05, 0.1) is 0 Å². The van der Waals surface area contributed by atoms with Crippen molar-refractivity contribution in [1.29, 1.82) is 0 Å². The highest BCUT2D eigenvalue weighted by atomic mass is 15.1. The van der Waals surface area contributed by atoms with E-state index >= 15 is 0 Å². The van der Waals surface area contributed by atoms with Crippen LogP contribution in [-0.4, -0.2) is 9.55 Å². The van der Waals surface area contributed by atoms with Crippen LogP contribution in [0.1, 0.15) is 51.6 Å². The highest BCUT2D eigenvalue weighted by Crippen LogP contribution is 2.28. The monoisotopic (exact) mass is 192 g/mol. The molecule has 0 N–H and O–H groups in total. The summed E-state index contributed by atoms with van der Waals surface area (Å²) in [5, 5.41) is 0. The van der Waals surface area contributed by atoms with Gasteiger partial charge in [-0.05, 0) is 25.7 Å². The summed E-state index contributed by atoms with van der Waals surface area (Å²) in [5.41, 5.74) is 1.67. The van der Waals surface area contributed by atoms with E-state index in [4.69, 9.17) is 0 Å². The van der Waals surface area contributed by atoms with E-state index in [0.717, 1.165) is 6.42 Å². The molecular formula is C12H20N2. The minimum absolute atomic E-state index is 0.232. The molecule has 1 aromatic rings. The summed E-state index contributed by atoms with van der Waals surface area (Å²) in [6.45, 7) is 7.99. The van der Waals surface area contributed by atoms with Crippen molar-refractivity contribution in [2.75, 3.05) is 0 Å². The van der Waals surface area contributed by atoms with Gasteiger partial charge < -0.3 is 4.57 Å². The van der Waals surface area contributed by atoms with Crippen molar-refractivity contribution in [2.45, 2.75) is 58.4 Å². The molecule has 2 nitrogen and oxygen atoms in total. The molecule has 78 valence electrons. The third-order valence-corrected chi connectivity index (χ3v) is 3.49. The van der Waals surface area contributed by atoms with Crippen LogP contribution in [0.2, 0.25) is 0 Å². The van der Waals surface area contributed by atoms with Gasteiger partial charge in [0.15, 0.2) is 0 Å². The number of imidazole rings is 1. The first kappa shape index (κ1) is 9.75. The Labute approximate surface area is 86.3 Å². The van der Waals surface area contributed by atoms with Gasteiger partial charge in [-0.15, -0.1) is 0 Å². The molecule has 0 spiro atoms. The molecular weight excluding hydrogens is 172 g/mol. The Morgan fingerprint density at radius 1 is 1.43 bits per heavy atom. The molecule has 0 unspecified atom stereocenters. The van der Waals surface area contributed by atoms with Gasteiger partial charge in [-0.1, -0.05) is 20.8 Å².